The van der Waals surface area contributed by atoms with E-state index in [1.807, 2.05) is 27.2 Å². The fourth-order valence-corrected chi connectivity index (χ4v) is 8.70. The van der Waals surface area contributed by atoms with Crippen molar-refractivity contribution in [2.75, 3.05) is 40.9 Å². The number of quaternary nitrogens is 1. The van der Waals surface area contributed by atoms with Gasteiger partial charge in [0.1, 0.15) is 13.2 Å². The summed E-state index contributed by atoms with van der Waals surface area (Å²) in [5.41, 5.74) is 0. The van der Waals surface area contributed by atoms with Gasteiger partial charge in [-0.1, -0.05) is 239 Å². The first kappa shape index (κ1) is 68.4. The van der Waals surface area contributed by atoms with Gasteiger partial charge >= 0.3 is 0 Å². The number of carbonyl (C=O) groups excluding carboxylic acids is 1. The van der Waals surface area contributed by atoms with Crippen LogP contribution >= 0.6 is 7.82 Å². The van der Waals surface area contributed by atoms with E-state index in [2.05, 4.69) is 104 Å². The molecule has 0 spiro atoms. The molecule has 410 valence electrons. The number of likely N-dealkylation sites (N-methyl/N-ethyl adjacent to an activating group) is 1. The fourth-order valence-electron chi connectivity index (χ4n) is 7.98. The Kier molecular flexibility index (Phi) is 50.4. The Bertz CT molecular complexity index is 1470. The first-order chi connectivity index (χ1) is 34.5. The van der Waals surface area contributed by atoms with Crippen molar-refractivity contribution in [3.8, 4) is 0 Å². The lowest BCUT2D eigenvalue weighted by Gasteiger charge is -2.29. The zero-order chi connectivity index (χ0) is 52.0. The predicted octanol–water partition coefficient (Wildman–Crippen LogP) is 17.2. The van der Waals surface area contributed by atoms with Gasteiger partial charge in [0.05, 0.1) is 39.9 Å². The molecule has 0 radical (unpaired) electrons. The molecule has 0 aromatic carbocycles. The number of phosphoric ester groups is 1. The van der Waals surface area contributed by atoms with E-state index in [-0.39, 0.29) is 12.5 Å². The third-order valence-electron chi connectivity index (χ3n) is 12.5. The molecule has 0 aromatic rings. The van der Waals surface area contributed by atoms with Crippen LogP contribution in [0, 0.1) is 0 Å². The van der Waals surface area contributed by atoms with Crippen LogP contribution in [0.4, 0.5) is 0 Å². The number of aliphatic hydroxyl groups is 1. The number of allylic oxidation sites excluding steroid dienone is 15. The van der Waals surface area contributed by atoms with Crippen molar-refractivity contribution in [1.29, 1.82) is 0 Å². The Morgan fingerprint density at radius 1 is 0.507 bits per heavy atom. The number of aliphatic hydroxyl groups excluding tert-OH is 1. The van der Waals surface area contributed by atoms with E-state index in [0.29, 0.717) is 17.4 Å². The number of hydrogen-bond donors (Lipinski definition) is 2. The molecule has 0 bridgehead atoms. The summed E-state index contributed by atoms with van der Waals surface area (Å²) in [5.74, 6) is -0.213. The molecule has 3 atom stereocenters. The molecule has 0 heterocycles. The van der Waals surface area contributed by atoms with Crippen LogP contribution in [0.25, 0.3) is 0 Å². The van der Waals surface area contributed by atoms with Crippen molar-refractivity contribution >= 4 is 13.7 Å². The Morgan fingerprint density at radius 3 is 1.31 bits per heavy atom. The quantitative estimate of drug-likeness (QED) is 0.0272. The minimum Gasteiger partial charge on any atom is -0.756 e. The number of unbranched alkanes of at least 4 members (excludes halogenated alkanes) is 25. The summed E-state index contributed by atoms with van der Waals surface area (Å²) in [6, 6.07) is -0.914. The van der Waals surface area contributed by atoms with Gasteiger partial charge in [0.15, 0.2) is 0 Å². The van der Waals surface area contributed by atoms with E-state index in [1.54, 1.807) is 6.08 Å². The molecule has 2 N–H and O–H groups in total. The first-order valence-electron chi connectivity index (χ1n) is 29.1. The summed E-state index contributed by atoms with van der Waals surface area (Å²) in [5, 5.41) is 13.8. The van der Waals surface area contributed by atoms with Gasteiger partial charge in [0.25, 0.3) is 7.82 Å². The van der Waals surface area contributed by atoms with Crippen LogP contribution in [0.1, 0.15) is 239 Å². The summed E-state index contributed by atoms with van der Waals surface area (Å²) in [7, 11) is 1.23. The number of carbonyl (C=O) groups is 1. The number of nitrogens with one attached hydrogen (secondary N) is 1. The topological polar surface area (TPSA) is 108 Å². The lowest BCUT2D eigenvalue weighted by Crippen LogP contribution is -2.45. The number of nitrogens with zero attached hydrogens (tertiary/aromatic N) is 1. The zero-order valence-electron chi connectivity index (χ0n) is 46.6. The van der Waals surface area contributed by atoms with Crippen LogP contribution in [0.2, 0.25) is 0 Å². The van der Waals surface area contributed by atoms with Crippen LogP contribution in [-0.4, -0.2) is 68.5 Å². The maximum atomic E-state index is 13.0. The van der Waals surface area contributed by atoms with Crippen molar-refractivity contribution < 1.29 is 32.9 Å². The van der Waals surface area contributed by atoms with Gasteiger partial charge in [0, 0.05) is 6.42 Å². The Hall–Kier alpha value is -2.58. The van der Waals surface area contributed by atoms with Gasteiger partial charge in [-0.25, -0.2) is 0 Å². The standard InChI is InChI=1S/C62H111N2O6P/c1-6-8-10-12-14-16-18-20-22-24-25-26-27-28-29-30-31-32-33-34-35-36-37-38-39-40-42-44-46-48-50-52-54-56-62(66)63-60(59-70-71(67,68)69-58-57-64(3,4)5)61(65)55-53-51-49-47-45-43-41-23-21-19-17-15-13-11-9-7-2/h8,10,14,16,20-23,25-26,28-29,45,47,53,55,60-61,65H,6-7,9,11-13,15,17-19,24,27,30-44,46,48-52,54,56-59H2,1-5H3,(H-,63,66,67,68)/b10-8-,16-14-,22-20-,23-21+,26-25-,29-28-,47-45+,55-53+. The van der Waals surface area contributed by atoms with E-state index >= 15 is 0 Å². The maximum Gasteiger partial charge on any atom is 0.268 e. The third kappa shape index (κ3) is 55.0. The predicted molar refractivity (Wildman–Crippen MR) is 306 cm³/mol. The Labute approximate surface area is 439 Å². The SMILES string of the molecule is CC/C=C\C/C=C\C/C=C\C/C=C\C/C=C\CCCCCCCCCCCCCCCCCCCC(=O)NC(COP(=O)([O-])OCC[N+](C)(C)C)C(O)/C=C/CC/C=C/CC/C=C/CCCCCCCC. The minimum atomic E-state index is -4.61. The summed E-state index contributed by atoms with van der Waals surface area (Å²) in [6.07, 6.45) is 74.9. The number of hydrogen-bond acceptors (Lipinski definition) is 6. The molecule has 3 unspecified atom stereocenters. The van der Waals surface area contributed by atoms with Crippen molar-refractivity contribution in [2.24, 2.45) is 0 Å². The zero-order valence-corrected chi connectivity index (χ0v) is 47.5. The fraction of sp³-hybridized carbons (Fsp3) is 0.726. The smallest absolute Gasteiger partial charge is 0.268 e. The molecule has 0 aliphatic heterocycles. The molecular formula is C62H111N2O6P. The highest BCUT2D eigenvalue weighted by molar-refractivity contribution is 7.45. The van der Waals surface area contributed by atoms with E-state index in [1.165, 1.54) is 141 Å². The third-order valence-corrected chi connectivity index (χ3v) is 13.5. The number of phosphoric acid groups is 1. The average Bonchev–Trinajstić information content (AvgIpc) is 3.33. The number of amides is 1. The molecule has 0 aromatic heterocycles. The Morgan fingerprint density at radius 2 is 0.873 bits per heavy atom. The van der Waals surface area contributed by atoms with Crippen LogP contribution in [0.3, 0.4) is 0 Å². The highest BCUT2D eigenvalue weighted by Gasteiger charge is 2.23. The van der Waals surface area contributed by atoms with E-state index < -0.39 is 26.6 Å². The lowest BCUT2D eigenvalue weighted by atomic mass is 10.0. The number of rotatable bonds is 52. The van der Waals surface area contributed by atoms with E-state index in [9.17, 15) is 19.4 Å². The second-order valence-corrected chi connectivity index (χ2v) is 22.0. The summed E-state index contributed by atoms with van der Waals surface area (Å²) in [4.78, 5) is 25.5. The van der Waals surface area contributed by atoms with Crippen LogP contribution in [0.15, 0.2) is 97.2 Å². The second-order valence-electron chi connectivity index (χ2n) is 20.6. The summed E-state index contributed by atoms with van der Waals surface area (Å²) in [6.45, 7) is 4.49. The van der Waals surface area contributed by atoms with Crippen LogP contribution in [-0.2, 0) is 18.4 Å². The first-order valence-corrected chi connectivity index (χ1v) is 30.6. The average molecular weight is 1010 g/mol. The minimum absolute atomic E-state index is 0.0119. The monoisotopic (exact) mass is 1010 g/mol. The molecule has 9 heteroatoms. The molecule has 1 amide bonds. The normalized spacial score (nSPS) is 14.6. The van der Waals surface area contributed by atoms with Crippen molar-refractivity contribution in [2.45, 2.75) is 251 Å². The summed E-state index contributed by atoms with van der Waals surface area (Å²) < 4.78 is 23.3. The highest BCUT2D eigenvalue weighted by atomic mass is 31.2. The molecule has 0 aliphatic carbocycles. The van der Waals surface area contributed by atoms with E-state index in [4.69, 9.17) is 9.05 Å². The van der Waals surface area contributed by atoms with Gasteiger partial charge in [-0.15, -0.1) is 0 Å². The molecule has 0 fully saturated rings. The van der Waals surface area contributed by atoms with Gasteiger partial charge in [-0.05, 0) is 89.9 Å². The molecule has 0 aliphatic rings. The molecule has 0 saturated heterocycles. The molecule has 71 heavy (non-hydrogen) atoms. The Balaban J connectivity index is 4.13. The van der Waals surface area contributed by atoms with Gasteiger partial charge in [-0.3, -0.25) is 9.36 Å². The van der Waals surface area contributed by atoms with Gasteiger partial charge < -0.3 is 28.8 Å². The van der Waals surface area contributed by atoms with Crippen molar-refractivity contribution in [3.05, 3.63) is 97.2 Å². The van der Waals surface area contributed by atoms with Crippen molar-refractivity contribution in [3.63, 3.8) is 0 Å². The molecule has 8 nitrogen and oxygen atoms in total. The van der Waals surface area contributed by atoms with Crippen LogP contribution in [0.5, 0.6) is 0 Å². The maximum absolute atomic E-state index is 13.0. The largest absolute Gasteiger partial charge is 0.756 e. The van der Waals surface area contributed by atoms with Gasteiger partial charge in [-0.2, -0.15) is 0 Å². The second kappa shape index (κ2) is 52.3. The molecule has 0 saturated carbocycles. The summed E-state index contributed by atoms with van der Waals surface area (Å²) >= 11 is 0. The van der Waals surface area contributed by atoms with Crippen molar-refractivity contribution in [1.82, 2.24) is 5.32 Å². The highest BCUT2D eigenvalue weighted by Crippen LogP contribution is 2.38. The molecule has 0 rings (SSSR count). The molecular weight excluding hydrogens is 900 g/mol. The van der Waals surface area contributed by atoms with Crippen LogP contribution < -0.4 is 10.2 Å². The van der Waals surface area contributed by atoms with E-state index in [0.717, 1.165) is 77.0 Å². The lowest BCUT2D eigenvalue weighted by molar-refractivity contribution is -0.870. The van der Waals surface area contributed by atoms with Gasteiger partial charge in [0.2, 0.25) is 5.91 Å².